The molecule has 0 saturated heterocycles. The molecule has 0 bridgehead atoms. The minimum atomic E-state index is -0.449. The third-order valence-corrected chi connectivity index (χ3v) is 5.87. The van der Waals surface area contributed by atoms with Crippen molar-refractivity contribution in [1.29, 1.82) is 0 Å². The number of aromatic nitrogens is 2. The third-order valence-electron chi connectivity index (χ3n) is 5.87. The molecule has 0 aliphatic rings. The van der Waals surface area contributed by atoms with Gasteiger partial charge in [0.25, 0.3) is 5.56 Å². The molecule has 0 amide bonds. The van der Waals surface area contributed by atoms with E-state index in [0.29, 0.717) is 23.6 Å². The highest BCUT2D eigenvalue weighted by Gasteiger charge is 2.13. The number of benzene rings is 2. The lowest BCUT2D eigenvalue weighted by Gasteiger charge is -2.12. The number of nitrogens with zero attached hydrogens (tertiary/aromatic N) is 1. The fraction of sp³-hybridized carbons (Fsp3) is 0.462. The summed E-state index contributed by atoms with van der Waals surface area (Å²) in [5, 5.41) is 10.2. The molecule has 0 spiro atoms. The first kappa shape index (κ1) is 25.8. The summed E-state index contributed by atoms with van der Waals surface area (Å²) in [6.45, 7) is 9.16. The Morgan fingerprint density at radius 3 is 2.26 bits per heavy atom. The summed E-state index contributed by atoms with van der Waals surface area (Å²) in [5.41, 5.74) is 8.92. The van der Waals surface area contributed by atoms with Gasteiger partial charge in [0.2, 0.25) is 0 Å². The van der Waals surface area contributed by atoms with Crippen LogP contribution in [0.25, 0.3) is 22.3 Å². The molecule has 0 unspecified atom stereocenters. The Morgan fingerprint density at radius 1 is 0.941 bits per heavy atom. The average molecular weight is 469 g/mol. The van der Waals surface area contributed by atoms with E-state index in [1.807, 2.05) is 32.0 Å². The summed E-state index contributed by atoms with van der Waals surface area (Å²) in [7, 11) is 0. The molecule has 0 saturated carbocycles. The first-order valence-electron chi connectivity index (χ1n) is 12.2. The molecular weight excluding hydrogens is 431 g/mol. The van der Waals surface area contributed by atoms with Crippen LogP contribution in [0.5, 0.6) is 0 Å². The second-order valence-corrected chi connectivity index (χ2v) is 8.66. The van der Waals surface area contributed by atoms with E-state index in [2.05, 4.69) is 25.9 Å². The molecular formula is C26H37FN6O. The van der Waals surface area contributed by atoms with Crippen LogP contribution in [0.1, 0.15) is 36.8 Å². The highest BCUT2D eigenvalue weighted by Crippen LogP contribution is 2.26. The highest BCUT2D eigenvalue weighted by molar-refractivity contribution is 5.83. The van der Waals surface area contributed by atoms with Gasteiger partial charge < -0.3 is 26.7 Å². The van der Waals surface area contributed by atoms with E-state index < -0.39 is 5.82 Å². The van der Waals surface area contributed by atoms with E-state index in [1.54, 1.807) is 6.07 Å². The lowest BCUT2D eigenvalue weighted by molar-refractivity contribution is 0.571. The quantitative estimate of drug-likeness (QED) is 0.232. The molecule has 2 aromatic carbocycles. The van der Waals surface area contributed by atoms with Gasteiger partial charge in [0.15, 0.2) is 0 Å². The van der Waals surface area contributed by atoms with Crippen LogP contribution in [0.15, 0.2) is 35.1 Å². The molecule has 7 nitrogen and oxygen atoms in total. The predicted molar refractivity (Wildman–Crippen MR) is 139 cm³/mol. The van der Waals surface area contributed by atoms with Crippen LogP contribution in [-0.2, 0) is 0 Å². The molecule has 34 heavy (non-hydrogen) atoms. The Labute approximate surface area is 200 Å². The van der Waals surface area contributed by atoms with Crippen LogP contribution in [0.4, 0.5) is 10.1 Å². The van der Waals surface area contributed by atoms with Gasteiger partial charge in [0.1, 0.15) is 11.6 Å². The summed E-state index contributed by atoms with van der Waals surface area (Å²) in [6, 6.07) is 8.83. The van der Waals surface area contributed by atoms with Crippen molar-refractivity contribution in [2.24, 2.45) is 5.73 Å². The molecule has 1 aromatic heterocycles. The van der Waals surface area contributed by atoms with Crippen LogP contribution in [-0.4, -0.2) is 49.2 Å². The summed E-state index contributed by atoms with van der Waals surface area (Å²) in [6.07, 6.45) is 4.13. The van der Waals surface area contributed by atoms with Crippen LogP contribution < -0.4 is 27.2 Å². The maximum absolute atomic E-state index is 14.6. The number of H-pyrrole nitrogens is 1. The van der Waals surface area contributed by atoms with Crippen LogP contribution in [0, 0.1) is 19.7 Å². The number of hydrogen-bond donors (Lipinski definition) is 5. The van der Waals surface area contributed by atoms with Gasteiger partial charge in [-0.1, -0.05) is 18.2 Å². The molecule has 3 aromatic rings. The van der Waals surface area contributed by atoms with Crippen molar-refractivity contribution in [3.63, 3.8) is 0 Å². The molecule has 8 heteroatoms. The number of nitrogens with one attached hydrogen (secondary N) is 4. The van der Waals surface area contributed by atoms with E-state index in [9.17, 15) is 9.18 Å². The van der Waals surface area contributed by atoms with Gasteiger partial charge in [-0.05, 0) is 95.5 Å². The van der Waals surface area contributed by atoms with E-state index in [4.69, 9.17) is 5.73 Å². The maximum atomic E-state index is 14.6. The van der Waals surface area contributed by atoms with Gasteiger partial charge in [-0.3, -0.25) is 4.79 Å². The van der Waals surface area contributed by atoms with Crippen molar-refractivity contribution in [2.75, 3.05) is 44.6 Å². The zero-order valence-electron chi connectivity index (χ0n) is 20.3. The number of anilines is 1. The SMILES string of the molecule is Cc1cccc(C)c1-c1nc2cc(NCCCNCCCCNCCCN)c(F)cc2c(=O)[nH]1. The first-order chi connectivity index (χ1) is 16.5. The minimum absolute atomic E-state index is 0.247. The maximum Gasteiger partial charge on any atom is 0.259 e. The molecule has 0 radical (unpaired) electrons. The molecule has 6 N–H and O–H groups in total. The Bertz CT molecular complexity index is 1110. The summed E-state index contributed by atoms with van der Waals surface area (Å²) in [4.78, 5) is 20.1. The number of aryl methyl sites for hydroxylation is 2. The largest absolute Gasteiger partial charge is 0.383 e. The Hall–Kier alpha value is -2.81. The normalized spacial score (nSPS) is 11.3. The Morgan fingerprint density at radius 2 is 1.59 bits per heavy atom. The summed E-state index contributed by atoms with van der Waals surface area (Å²) < 4.78 is 14.6. The lowest BCUT2D eigenvalue weighted by Crippen LogP contribution is -2.22. The number of fused-ring (bicyclic) bond motifs is 1. The predicted octanol–water partition coefficient (Wildman–Crippen LogP) is 3.46. The van der Waals surface area contributed by atoms with E-state index in [-0.39, 0.29) is 10.9 Å². The minimum Gasteiger partial charge on any atom is -0.383 e. The van der Waals surface area contributed by atoms with E-state index >= 15 is 0 Å². The Kier molecular flexibility index (Phi) is 10.00. The number of aromatic amines is 1. The Balaban J connectivity index is 1.53. The van der Waals surface area contributed by atoms with Crippen molar-refractivity contribution in [3.8, 4) is 11.4 Å². The molecule has 3 rings (SSSR count). The second kappa shape index (κ2) is 13.2. The standard InChI is InChI=1S/C26H37FN6O/c1-18-8-5-9-19(2)24(18)25-32-22-17-23(21(27)16-20(22)26(34)33-25)31-15-7-14-30-12-4-3-11-29-13-6-10-28/h5,8-9,16-17,29-31H,3-4,6-7,10-15,28H2,1-2H3,(H,32,33,34). The van der Waals surface area contributed by atoms with Crippen molar-refractivity contribution in [3.05, 3.63) is 57.6 Å². The van der Waals surface area contributed by atoms with Gasteiger partial charge in [0.05, 0.1) is 16.6 Å². The van der Waals surface area contributed by atoms with Crippen LogP contribution >= 0.6 is 0 Å². The zero-order chi connectivity index (χ0) is 24.3. The molecule has 0 fully saturated rings. The van der Waals surface area contributed by atoms with Crippen molar-refractivity contribution in [1.82, 2.24) is 20.6 Å². The van der Waals surface area contributed by atoms with E-state index in [0.717, 1.165) is 75.1 Å². The molecule has 184 valence electrons. The molecule has 0 aliphatic carbocycles. The zero-order valence-corrected chi connectivity index (χ0v) is 20.3. The van der Waals surface area contributed by atoms with Crippen LogP contribution in [0.2, 0.25) is 0 Å². The smallest absolute Gasteiger partial charge is 0.259 e. The van der Waals surface area contributed by atoms with Crippen molar-refractivity contribution < 1.29 is 4.39 Å². The van der Waals surface area contributed by atoms with Gasteiger partial charge in [-0.15, -0.1) is 0 Å². The first-order valence-corrected chi connectivity index (χ1v) is 12.2. The second-order valence-electron chi connectivity index (χ2n) is 8.66. The topological polar surface area (TPSA) is 108 Å². The fourth-order valence-electron chi connectivity index (χ4n) is 4.01. The molecule has 1 heterocycles. The summed E-state index contributed by atoms with van der Waals surface area (Å²) in [5.74, 6) is 0.0548. The molecule has 0 aliphatic heterocycles. The average Bonchev–Trinajstić information content (AvgIpc) is 2.80. The number of hydrogen-bond acceptors (Lipinski definition) is 6. The van der Waals surface area contributed by atoms with Gasteiger partial charge in [0, 0.05) is 12.1 Å². The van der Waals surface area contributed by atoms with Gasteiger partial charge in [-0.2, -0.15) is 0 Å². The number of rotatable bonds is 14. The van der Waals surface area contributed by atoms with E-state index in [1.165, 1.54) is 6.07 Å². The number of nitrogens with two attached hydrogens (primary N) is 1. The fourth-order valence-corrected chi connectivity index (χ4v) is 4.01. The summed E-state index contributed by atoms with van der Waals surface area (Å²) >= 11 is 0. The highest BCUT2D eigenvalue weighted by atomic mass is 19.1. The third kappa shape index (κ3) is 7.09. The van der Waals surface area contributed by atoms with Gasteiger partial charge in [-0.25, -0.2) is 9.37 Å². The van der Waals surface area contributed by atoms with Crippen molar-refractivity contribution in [2.45, 2.75) is 39.5 Å². The molecule has 0 atom stereocenters. The van der Waals surface area contributed by atoms with Gasteiger partial charge >= 0.3 is 0 Å². The number of halogens is 1. The van der Waals surface area contributed by atoms with Crippen LogP contribution in [0.3, 0.4) is 0 Å². The lowest BCUT2D eigenvalue weighted by atomic mass is 10.0. The van der Waals surface area contributed by atoms with Crippen molar-refractivity contribution >= 4 is 16.6 Å². The number of unbranched alkanes of at least 4 members (excludes halogenated alkanes) is 1. The monoisotopic (exact) mass is 468 g/mol.